The molecule has 142 valence electrons. The number of non-ortho nitro benzene ring substituents is 1. The Kier molecular flexibility index (Phi) is 5.54. The van der Waals surface area contributed by atoms with Crippen LogP contribution in [-0.4, -0.2) is 55.3 Å². The first-order valence-corrected chi connectivity index (χ1v) is 10.1. The number of carbonyl (C=O) groups excluding carboxylic acids is 1. The molecule has 2 fully saturated rings. The van der Waals surface area contributed by atoms with Crippen molar-refractivity contribution in [1.29, 1.82) is 0 Å². The second-order valence-electron chi connectivity index (χ2n) is 6.57. The van der Waals surface area contributed by atoms with Gasteiger partial charge in [0.15, 0.2) is 0 Å². The third-order valence-corrected chi connectivity index (χ3v) is 6.73. The molecule has 2 atom stereocenters. The van der Waals surface area contributed by atoms with E-state index in [4.69, 9.17) is 0 Å². The zero-order chi connectivity index (χ0) is 18.7. The number of nitro benzene ring substituents is 1. The van der Waals surface area contributed by atoms with E-state index >= 15 is 0 Å². The number of hydrogen-bond donors (Lipinski definition) is 2. The molecule has 0 aliphatic carbocycles. The summed E-state index contributed by atoms with van der Waals surface area (Å²) in [5.41, 5.74) is -0.293. The Balaban J connectivity index is 1.74. The molecule has 2 unspecified atom stereocenters. The minimum absolute atomic E-state index is 0.163. The molecule has 0 spiro atoms. The first-order valence-electron chi connectivity index (χ1n) is 8.67. The average Bonchev–Trinajstić information content (AvgIpc) is 3.31. The van der Waals surface area contributed by atoms with Crippen molar-refractivity contribution in [3.05, 3.63) is 34.4 Å². The molecule has 0 aromatic heterocycles. The predicted molar refractivity (Wildman–Crippen MR) is 94.0 cm³/mol. The van der Waals surface area contributed by atoms with Gasteiger partial charge in [0.2, 0.25) is 15.9 Å². The minimum Gasteiger partial charge on any atom is -0.353 e. The van der Waals surface area contributed by atoms with Crippen LogP contribution in [0.3, 0.4) is 0 Å². The van der Waals surface area contributed by atoms with E-state index < -0.39 is 21.0 Å². The lowest BCUT2D eigenvalue weighted by Gasteiger charge is -2.24. The number of hydrogen-bond acceptors (Lipinski definition) is 6. The maximum absolute atomic E-state index is 12.9. The second kappa shape index (κ2) is 7.68. The molecule has 1 aromatic carbocycles. The van der Waals surface area contributed by atoms with Crippen molar-refractivity contribution in [1.82, 2.24) is 14.9 Å². The lowest BCUT2D eigenvalue weighted by atomic mass is 10.2. The number of rotatable bonds is 6. The first kappa shape index (κ1) is 18.7. The number of benzene rings is 1. The molecule has 0 saturated carbocycles. The van der Waals surface area contributed by atoms with Crippen molar-refractivity contribution >= 4 is 21.6 Å². The zero-order valence-electron chi connectivity index (χ0n) is 14.3. The number of nitro groups is 1. The van der Waals surface area contributed by atoms with Gasteiger partial charge in [-0.3, -0.25) is 14.9 Å². The standard InChI is InChI=1S/C16H22N4O5S/c21-16(18-11-12-4-2-8-17-12)15-7-3-9-19(15)26(24,25)14-6-1-5-13(10-14)20(22)23/h1,5-6,10,12,15,17H,2-4,7-9,11H2,(H,18,21). The summed E-state index contributed by atoms with van der Waals surface area (Å²) in [6.07, 6.45) is 3.07. The molecular weight excluding hydrogens is 360 g/mol. The molecule has 0 bridgehead atoms. The van der Waals surface area contributed by atoms with Gasteiger partial charge in [-0.2, -0.15) is 4.31 Å². The molecule has 2 aliphatic heterocycles. The van der Waals surface area contributed by atoms with Crippen molar-refractivity contribution in [3.8, 4) is 0 Å². The topological polar surface area (TPSA) is 122 Å². The molecule has 1 amide bonds. The van der Waals surface area contributed by atoms with Crippen LogP contribution < -0.4 is 10.6 Å². The summed E-state index contributed by atoms with van der Waals surface area (Å²) in [5, 5.41) is 17.0. The fraction of sp³-hybridized carbons (Fsp3) is 0.562. The van der Waals surface area contributed by atoms with E-state index in [0.29, 0.717) is 19.4 Å². The van der Waals surface area contributed by atoms with E-state index in [0.717, 1.165) is 29.8 Å². The van der Waals surface area contributed by atoms with Gasteiger partial charge in [-0.15, -0.1) is 0 Å². The van der Waals surface area contributed by atoms with Crippen LogP contribution in [0.25, 0.3) is 0 Å². The number of nitrogens with one attached hydrogen (secondary N) is 2. The highest BCUT2D eigenvalue weighted by Gasteiger charge is 2.39. The Labute approximate surface area is 152 Å². The summed E-state index contributed by atoms with van der Waals surface area (Å²) in [6, 6.07) is 4.37. The Morgan fingerprint density at radius 2 is 2.15 bits per heavy atom. The smallest absolute Gasteiger partial charge is 0.270 e. The molecule has 2 aliphatic rings. The van der Waals surface area contributed by atoms with Gasteiger partial charge in [0.25, 0.3) is 5.69 Å². The van der Waals surface area contributed by atoms with Gasteiger partial charge in [-0.1, -0.05) is 6.07 Å². The van der Waals surface area contributed by atoms with Gasteiger partial charge in [-0.25, -0.2) is 8.42 Å². The quantitative estimate of drug-likeness (QED) is 0.549. The van der Waals surface area contributed by atoms with Crippen molar-refractivity contribution in [3.63, 3.8) is 0 Å². The maximum Gasteiger partial charge on any atom is 0.270 e. The van der Waals surface area contributed by atoms with Gasteiger partial charge in [0, 0.05) is 31.3 Å². The van der Waals surface area contributed by atoms with Crippen molar-refractivity contribution < 1.29 is 18.1 Å². The Morgan fingerprint density at radius 3 is 2.85 bits per heavy atom. The van der Waals surface area contributed by atoms with E-state index in [1.54, 1.807) is 0 Å². The molecule has 9 nitrogen and oxygen atoms in total. The van der Waals surface area contributed by atoms with Crippen LogP contribution in [0.15, 0.2) is 29.2 Å². The SMILES string of the molecule is O=C(NCC1CCCN1)C1CCCN1S(=O)(=O)c1cccc([N+](=O)[O-])c1. The molecule has 10 heteroatoms. The number of carbonyl (C=O) groups is 1. The highest BCUT2D eigenvalue weighted by Crippen LogP contribution is 2.28. The number of nitrogens with zero attached hydrogens (tertiary/aromatic N) is 2. The van der Waals surface area contributed by atoms with E-state index in [1.807, 2.05) is 0 Å². The third kappa shape index (κ3) is 3.87. The van der Waals surface area contributed by atoms with Gasteiger partial charge in [-0.05, 0) is 38.3 Å². The van der Waals surface area contributed by atoms with Crippen LogP contribution in [0.5, 0.6) is 0 Å². The monoisotopic (exact) mass is 382 g/mol. The Bertz CT molecular complexity index is 792. The van der Waals surface area contributed by atoms with E-state index in [1.165, 1.54) is 18.2 Å². The fourth-order valence-electron chi connectivity index (χ4n) is 3.46. The normalized spacial score (nSPS) is 23.8. The number of sulfonamides is 1. The lowest BCUT2D eigenvalue weighted by Crippen LogP contribution is -2.48. The highest BCUT2D eigenvalue weighted by molar-refractivity contribution is 7.89. The molecule has 3 rings (SSSR count). The summed E-state index contributed by atoms with van der Waals surface area (Å²) in [6.45, 7) is 1.63. The highest BCUT2D eigenvalue weighted by atomic mass is 32.2. The maximum atomic E-state index is 12.9. The van der Waals surface area contributed by atoms with Crippen LogP contribution in [0, 0.1) is 10.1 Å². The minimum atomic E-state index is -3.97. The molecule has 2 N–H and O–H groups in total. The van der Waals surface area contributed by atoms with Gasteiger partial charge in [0.05, 0.1) is 9.82 Å². The zero-order valence-corrected chi connectivity index (χ0v) is 15.1. The molecular formula is C16H22N4O5S. The first-order chi connectivity index (χ1) is 12.4. The lowest BCUT2D eigenvalue weighted by molar-refractivity contribution is -0.385. The molecule has 2 saturated heterocycles. The molecule has 1 aromatic rings. The summed E-state index contributed by atoms with van der Waals surface area (Å²) in [7, 11) is -3.97. The largest absolute Gasteiger partial charge is 0.353 e. The van der Waals surface area contributed by atoms with Crippen LogP contribution in [0.4, 0.5) is 5.69 Å². The van der Waals surface area contributed by atoms with E-state index in [2.05, 4.69) is 10.6 Å². The second-order valence-corrected chi connectivity index (χ2v) is 8.46. The van der Waals surface area contributed by atoms with Crippen molar-refractivity contribution in [2.45, 2.75) is 42.7 Å². The molecule has 0 radical (unpaired) electrons. The van der Waals surface area contributed by atoms with E-state index in [9.17, 15) is 23.3 Å². The third-order valence-electron chi connectivity index (χ3n) is 4.83. The van der Waals surface area contributed by atoms with Crippen LogP contribution in [0.1, 0.15) is 25.7 Å². The van der Waals surface area contributed by atoms with Gasteiger partial charge in [0.1, 0.15) is 6.04 Å². The summed E-state index contributed by atoms with van der Waals surface area (Å²) in [5.74, 6) is -0.315. The van der Waals surface area contributed by atoms with Crippen molar-refractivity contribution in [2.24, 2.45) is 0 Å². The fourth-order valence-corrected chi connectivity index (χ4v) is 5.15. The molecule has 26 heavy (non-hydrogen) atoms. The van der Waals surface area contributed by atoms with Crippen LogP contribution in [-0.2, 0) is 14.8 Å². The Hall–Kier alpha value is -2.04. The van der Waals surface area contributed by atoms with Crippen LogP contribution >= 0.6 is 0 Å². The van der Waals surface area contributed by atoms with Gasteiger partial charge < -0.3 is 10.6 Å². The summed E-state index contributed by atoms with van der Waals surface area (Å²) >= 11 is 0. The predicted octanol–water partition coefficient (Wildman–Crippen LogP) is 0.616. The number of amides is 1. The van der Waals surface area contributed by atoms with Gasteiger partial charge >= 0.3 is 0 Å². The van der Waals surface area contributed by atoms with Crippen LogP contribution in [0.2, 0.25) is 0 Å². The summed E-state index contributed by atoms with van der Waals surface area (Å²) in [4.78, 5) is 22.6. The average molecular weight is 382 g/mol. The summed E-state index contributed by atoms with van der Waals surface area (Å²) < 4.78 is 26.9. The molecule has 2 heterocycles. The van der Waals surface area contributed by atoms with E-state index in [-0.39, 0.29) is 29.1 Å². The Morgan fingerprint density at radius 1 is 1.35 bits per heavy atom. The van der Waals surface area contributed by atoms with Crippen molar-refractivity contribution in [2.75, 3.05) is 19.6 Å².